The molecule has 1 aliphatic rings. The van der Waals surface area contributed by atoms with E-state index in [2.05, 4.69) is 10.2 Å². The molecule has 3 amide bonds. The van der Waals surface area contributed by atoms with Gasteiger partial charge in [0.15, 0.2) is 6.61 Å². The second-order valence-corrected chi connectivity index (χ2v) is 10.5. The van der Waals surface area contributed by atoms with Crippen molar-refractivity contribution in [3.05, 3.63) is 92.9 Å². The molecular weight excluding hydrogens is 572 g/mol. The molecule has 1 aliphatic heterocycles. The highest BCUT2D eigenvalue weighted by molar-refractivity contribution is 8.18. The van der Waals surface area contributed by atoms with Crippen LogP contribution in [0.2, 0.25) is 0 Å². The van der Waals surface area contributed by atoms with Gasteiger partial charge in [0.05, 0.1) is 16.4 Å². The van der Waals surface area contributed by atoms with Gasteiger partial charge in [-0.3, -0.25) is 29.4 Å². The Balaban J connectivity index is 1.48. The molecule has 0 saturated carbocycles. The number of benzene rings is 3. The lowest BCUT2D eigenvalue weighted by Crippen LogP contribution is -2.32. The summed E-state index contributed by atoms with van der Waals surface area (Å²) >= 11 is 0.826. The highest BCUT2D eigenvalue weighted by Crippen LogP contribution is 2.35. The standard InChI is InChI=1S/C31H32N4O7S/c1-4-33(5-2)24-12-11-22(27(19-24)42-20-29(36)32-23-7-6-8-25(18-23)35(39)40)17-28-30(37)34(31(38)43-28)15-16-41-26-13-9-21(3)10-14-26/h6-14,17-19H,4-5,15-16,20H2,1-3H3,(H,32,36)/b28-17-. The summed E-state index contributed by atoms with van der Waals surface area (Å²) in [5.41, 5.74) is 2.58. The highest BCUT2D eigenvalue weighted by atomic mass is 32.2. The largest absolute Gasteiger partial charge is 0.492 e. The number of nitro benzene ring substituents is 1. The van der Waals surface area contributed by atoms with Gasteiger partial charge >= 0.3 is 0 Å². The smallest absolute Gasteiger partial charge is 0.293 e. The zero-order chi connectivity index (χ0) is 30.9. The summed E-state index contributed by atoms with van der Waals surface area (Å²) in [6, 6.07) is 18.5. The van der Waals surface area contributed by atoms with Gasteiger partial charge in [0.2, 0.25) is 0 Å². The summed E-state index contributed by atoms with van der Waals surface area (Å²) in [6.07, 6.45) is 1.57. The molecule has 4 rings (SSSR count). The van der Waals surface area contributed by atoms with Crippen LogP contribution in [0, 0.1) is 17.0 Å². The number of carbonyl (C=O) groups is 3. The maximum atomic E-state index is 13.1. The van der Waals surface area contributed by atoms with Crippen LogP contribution in [-0.4, -0.2) is 59.7 Å². The van der Waals surface area contributed by atoms with Crippen LogP contribution in [0.1, 0.15) is 25.0 Å². The molecule has 0 unspecified atom stereocenters. The highest BCUT2D eigenvalue weighted by Gasteiger charge is 2.35. The summed E-state index contributed by atoms with van der Waals surface area (Å²) in [7, 11) is 0. The third kappa shape index (κ3) is 8.13. The Bertz CT molecular complexity index is 1540. The molecular formula is C31H32N4O7S. The van der Waals surface area contributed by atoms with E-state index in [0.717, 1.165) is 41.0 Å². The molecule has 0 radical (unpaired) electrons. The fourth-order valence-corrected chi connectivity index (χ4v) is 5.17. The first-order chi connectivity index (χ1) is 20.7. The maximum absolute atomic E-state index is 13.1. The zero-order valence-corrected chi connectivity index (χ0v) is 24.9. The Morgan fingerprint density at radius 1 is 1.05 bits per heavy atom. The number of imide groups is 1. The monoisotopic (exact) mass is 604 g/mol. The second-order valence-electron chi connectivity index (χ2n) is 9.53. The molecule has 43 heavy (non-hydrogen) atoms. The van der Waals surface area contributed by atoms with Crippen molar-refractivity contribution < 1.29 is 28.8 Å². The van der Waals surface area contributed by atoms with E-state index in [1.807, 2.05) is 51.1 Å². The quantitative estimate of drug-likeness (QED) is 0.144. The average molecular weight is 605 g/mol. The van der Waals surface area contributed by atoms with E-state index in [4.69, 9.17) is 9.47 Å². The summed E-state index contributed by atoms with van der Waals surface area (Å²) in [6.45, 7) is 7.35. The summed E-state index contributed by atoms with van der Waals surface area (Å²) < 4.78 is 11.6. The number of rotatable bonds is 13. The van der Waals surface area contributed by atoms with E-state index in [9.17, 15) is 24.5 Å². The molecule has 1 fully saturated rings. The molecule has 3 aromatic carbocycles. The maximum Gasteiger partial charge on any atom is 0.293 e. The Kier molecular flexibility index (Phi) is 10.4. The topological polar surface area (TPSA) is 131 Å². The van der Waals surface area contributed by atoms with Gasteiger partial charge in [-0.15, -0.1) is 0 Å². The van der Waals surface area contributed by atoms with E-state index in [-0.39, 0.29) is 36.0 Å². The first-order valence-corrected chi connectivity index (χ1v) is 14.5. The Morgan fingerprint density at radius 3 is 2.49 bits per heavy atom. The molecule has 224 valence electrons. The van der Waals surface area contributed by atoms with Gasteiger partial charge < -0.3 is 19.7 Å². The summed E-state index contributed by atoms with van der Waals surface area (Å²) in [4.78, 5) is 52.4. The van der Waals surface area contributed by atoms with Gasteiger partial charge in [0.1, 0.15) is 18.1 Å². The van der Waals surface area contributed by atoms with E-state index < -0.39 is 22.0 Å². The van der Waals surface area contributed by atoms with Crippen molar-refractivity contribution >= 4 is 52.0 Å². The van der Waals surface area contributed by atoms with Gasteiger partial charge in [0.25, 0.3) is 22.7 Å². The number of hydrogen-bond acceptors (Lipinski definition) is 9. The molecule has 11 nitrogen and oxygen atoms in total. The van der Waals surface area contributed by atoms with Gasteiger partial charge in [-0.25, -0.2) is 0 Å². The zero-order valence-electron chi connectivity index (χ0n) is 24.1. The van der Waals surface area contributed by atoms with Gasteiger partial charge in [0, 0.05) is 48.2 Å². The normalized spacial score (nSPS) is 13.7. The predicted octanol–water partition coefficient (Wildman–Crippen LogP) is 5.88. The summed E-state index contributed by atoms with van der Waals surface area (Å²) in [5.74, 6) is 0.0316. The van der Waals surface area contributed by atoms with Crippen LogP contribution < -0.4 is 19.7 Å². The number of non-ortho nitro benzene ring substituents is 1. The van der Waals surface area contributed by atoms with Crippen molar-refractivity contribution in [2.24, 2.45) is 0 Å². The second kappa shape index (κ2) is 14.4. The third-order valence-electron chi connectivity index (χ3n) is 6.59. The molecule has 0 aliphatic carbocycles. The first-order valence-electron chi connectivity index (χ1n) is 13.7. The lowest BCUT2D eigenvalue weighted by atomic mass is 10.1. The number of carbonyl (C=O) groups excluding carboxylic acids is 3. The Morgan fingerprint density at radius 2 is 1.79 bits per heavy atom. The van der Waals surface area contributed by atoms with Gasteiger partial charge in [-0.2, -0.15) is 0 Å². The molecule has 0 aromatic heterocycles. The number of nitro groups is 1. The average Bonchev–Trinajstić information content (AvgIpc) is 3.26. The molecule has 1 heterocycles. The molecule has 3 aromatic rings. The Labute approximate surface area is 253 Å². The minimum atomic E-state index is -0.546. The van der Waals surface area contributed by atoms with Crippen molar-refractivity contribution in [3.63, 3.8) is 0 Å². The van der Waals surface area contributed by atoms with E-state index in [1.54, 1.807) is 24.3 Å². The fourth-order valence-electron chi connectivity index (χ4n) is 4.31. The van der Waals surface area contributed by atoms with Gasteiger partial charge in [-0.05, 0) is 68.9 Å². The van der Waals surface area contributed by atoms with E-state index in [1.165, 1.54) is 18.2 Å². The SMILES string of the molecule is CCN(CC)c1ccc(/C=C2\SC(=O)N(CCOc3ccc(C)cc3)C2=O)c(OCC(=O)Nc2cccc([N+](=O)[O-])c2)c1. The number of nitrogens with zero attached hydrogens (tertiary/aromatic N) is 3. The Hall–Kier alpha value is -4.84. The first kappa shape index (κ1) is 31.1. The van der Waals surface area contributed by atoms with Crippen LogP contribution in [0.5, 0.6) is 11.5 Å². The molecule has 1 saturated heterocycles. The number of aryl methyl sites for hydroxylation is 1. The molecule has 0 atom stereocenters. The van der Waals surface area contributed by atoms with E-state index in [0.29, 0.717) is 17.1 Å². The lowest BCUT2D eigenvalue weighted by Gasteiger charge is -2.22. The molecule has 12 heteroatoms. The number of anilines is 2. The van der Waals surface area contributed by atoms with Crippen molar-refractivity contribution in [1.29, 1.82) is 0 Å². The van der Waals surface area contributed by atoms with Crippen LogP contribution >= 0.6 is 11.8 Å². The van der Waals surface area contributed by atoms with Crippen molar-refractivity contribution in [1.82, 2.24) is 4.90 Å². The minimum absolute atomic E-state index is 0.0952. The fraction of sp³-hybridized carbons (Fsp3) is 0.258. The van der Waals surface area contributed by atoms with Crippen molar-refractivity contribution in [2.45, 2.75) is 20.8 Å². The molecule has 0 bridgehead atoms. The number of hydrogen-bond donors (Lipinski definition) is 1. The minimum Gasteiger partial charge on any atom is -0.492 e. The number of amides is 3. The van der Waals surface area contributed by atoms with Crippen LogP contribution in [-0.2, 0) is 9.59 Å². The predicted molar refractivity (Wildman–Crippen MR) is 167 cm³/mol. The van der Waals surface area contributed by atoms with E-state index >= 15 is 0 Å². The van der Waals surface area contributed by atoms with Crippen LogP contribution in [0.25, 0.3) is 6.08 Å². The van der Waals surface area contributed by atoms with Crippen LogP contribution in [0.3, 0.4) is 0 Å². The van der Waals surface area contributed by atoms with Crippen molar-refractivity contribution in [3.8, 4) is 11.5 Å². The molecule has 0 spiro atoms. The van der Waals surface area contributed by atoms with Crippen LogP contribution in [0.15, 0.2) is 71.6 Å². The van der Waals surface area contributed by atoms with Gasteiger partial charge in [-0.1, -0.05) is 23.8 Å². The summed E-state index contributed by atoms with van der Waals surface area (Å²) in [5, 5.41) is 13.2. The lowest BCUT2D eigenvalue weighted by molar-refractivity contribution is -0.384. The van der Waals surface area contributed by atoms with Crippen molar-refractivity contribution in [2.75, 3.05) is 43.1 Å². The molecule has 1 N–H and O–H groups in total. The van der Waals surface area contributed by atoms with Crippen LogP contribution in [0.4, 0.5) is 21.9 Å². The number of thioether (sulfide) groups is 1. The number of nitrogens with one attached hydrogen (secondary N) is 1. The number of ether oxygens (including phenoxy) is 2. The third-order valence-corrected chi connectivity index (χ3v) is 7.50.